The Labute approximate surface area is 133 Å². The van der Waals surface area contributed by atoms with E-state index in [1.807, 2.05) is 18.2 Å². The minimum absolute atomic E-state index is 0.158. The van der Waals surface area contributed by atoms with Gasteiger partial charge in [-0.2, -0.15) is 0 Å². The van der Waals surface area contributed by atoms with Gasteiger partial charge in [0.15, 0.2) is 4.90 Å². The SMILES string of the molecule is NS(=O)(=O)c1cccc(NCC2Cc3ccccc32)c1[N+](=O)[O-]. The molecule has 1 aliphatic carbocycles. The molecule has 2 aromatic carbocycles. The molecule has 0 saturated heterocycles. The molecule has 1 unspecified atom stereocenters. The van der Waals surface area contributed by atoms with Gasteiger partial charge >= 0.3 is 5.69 Å². The van der Waals surface area contributed by atoms with Crippen LogP contribution in [0.5, 0.6) is 0 Å². The summed E-state index contributed by atoms with van der Waals surface area (Å²) in [6, 6.07) is 12.1. The van der Waals surface area contributed by atoms with Crippen LogP contribution in [0, 0.1) is 10.1 Å². The second kappa shape index (κ2) is 5.64. The van der Waals surface area contributed by atoms with E-state index in [1.54, 1.807) is 0 Å². The first kappa shape index (κ1) is 15.4. The first-order chi connectivity index (χ1) is 10.9. The number of sulfonamides is 1. The van der Waals surface area contributed by atoms with E-state index in [9.17, 15) is 18.5 Å². The molecule has 0 fully saturated rings. The summed E-state index contributed by atoms with van der Waals surface area (Å²) in [7, 11) is -4.16. The third-order valence-electron chi connectivity index (χ3n) is 3.99. The molecule has 0 heterocycles. The number of nitro groups is 1. The van der Waals surface area contributed by atoms with Crippen molar-refractivity contribution in [2.75, 3.05) is 11.9 Å². The standard InChI is InChI=1S/C15H15N3O4S/c16-23(21,22)14-7-3-6-13(15(14)18(19)20)17-9-11-8-10-4-1-2-5-12(10)11/h1-7,11,17H,8-9H2,(H2,16,21,22). The van der Waals surface area contributed by atoms with Crippen molar-refractivity contribution in [1.82, 2.24) is 0 Å². The first-order valence-corrected chi connectivity index (χ1v) is 8.54. The molecule has 0 radical (unpaired) electrons. The van der Waals surface area contributed by atoms with E-state index in [1.165, 1.54) is 23.3 Å². The minimum Gasteiger partial charge on any atom is -0.379 e. The number of nitro benzene ring substituents is 1. The van der Waals surface area contributed by atoms with Crippen molar-refractivity contribution in [2.24, 2.45) is 5.14 Å². The number of rotatable bonds is 5. The van der Waals surface area contributed by atoms with Gasteiger partial charge in [-0.1, -0.05) is 30.3 Å². The lowest BCUT2D eigenvalue weighted by Crippen LogP contribution is -2.24. The van der Waals surface area contributed by atoms with Crippen LogP contribution in [0.2, 0.25) is 0 Å². The lowest BCUT2D eigenvalue weighted by molar-refractivity contribution is -0.386. The average Bonchev–Trinajstić information content (AvgIpc) is 2.46. The zero-order valence-electron chi connectivity index (χ0n) is 12.1. The predicted octanol–water partition coefficient (Wildman–Crippen LogP) is 1.99. The number of para-hydroxylation sites is 1. The number of nitrogens with one attached hydrogen (secondary N) is 1. The van der Waals surface area contributed by atoms with Crippen molar-refractivity contribution in [3.8, 4) is 0 Å². The van der Waals surface area contributed by atoms with Gasteiger partial charge in [-0.3, -0.25) is 10.1 Å². The number of benzene rings is 2. The number of fused-ring (bicyclic) bond motifs is 1. The number of hydrogen-bond donors (Lipinski definition) is 2. The van der Waals surface area contributed by atoms with E-state index in [2.05, 4.69) is 11.4 Å². The fourth-order valence-corrected chi connectivity index (χ4v) is 3.58. The summed E-state index contributed by atoms with van der Waals surface area (Å²) in [6.07, 6.45) is 0.895. The minimum atomic E-state index is -4.16. The van der Waals surface area contributed by atoms with Gasteiger partial charge < -0.3 is 5.32 Å². The lowest BCUT2D eigenvalue weighted by atomic mass is 9.77. The Morgan fingerprint density at radius 3 is 2.61 bits per heavy atom. The molecule has 0 spiro atoms. The number of hydrogen-bond acceptors (Lipinski definition) is 5. The van der Waals surface area contributed by atoms with E-state index in [0.717, 1.165) is 12.5 Å². The van der Waals surface area contributed by atoms with Crippen LogP contribution in [0.1, 0.15) is 17.0 Å². The fourth-order valence-electron chi connectivity index (χ4n) is 2.86. The first-order valence-electron chi connectivity index (χ1n) is 7.00. The van der Waals surface area contributed by atoms with E-state index < -0.39 is 25.5 Å². The lowest BCUT2D eigenvalue weighted by Gasteiger charge is -2.30. The van der Waals surface area contributed by atoms with Crippen molar-refractivity contribution in [3.05, 3.63) is 63.7 Å². The van der Waals surface area contributed by atoms with E-state index in [-0.39, 0.29) is 11.6 Å². The number of nitrogens with zero attached hydrogens (tertiary/aromatic N) is 1. The maximum absolute atomic E-state index is 11.5. The number of primary sulfonamides is 1. The van der Waals surface area contributed by atoms with Gasteiger partial charge in [0.25, 0.3) is 0 Å². The second-order valence-corrected chi connectivity index (χ2v) is 6.97. The maximum atomic E-state index is 11.5. The number of nitrogens with two attached hydrogens (primary N) is 1. The van der Waals surface area contributed by atoms with Crippen molar-refractivity contribution >= 4 is 21.4 Å². The molecule has 0 aliphatic heterocycles. The molecule has 0 amide bonds. The molecule has 120 valence electrons. The number of anilines is 1. The van der Waals surface area contributed by atoms with Crippen molar-refractivity contribution in [3.63, 3.8) is 0 Å². The molecule has 8 heteroatoms. The third-order valence-corrected chi connectivity index (χ3v) is 4.93. The maximum Gasteiger partial charge on any atom is 0.312 e. The summed E-state index contributed by atoms with van der Waals surface area (Å²) in [5.74, 6) is 0.254. The highest BCUT2D eigenvalue weighted by molar-refractivity contribution is 7.89. The molecule has 3 rings (SSSR count). The van der Waals surface area contributed by atoms with E-state index in [0.29, 0.717) is 6.54 Å². The van der Waals surface area contributed by atoms with Gasteiger partial charge in [0.1, 0.15) is 5.69 Å². The smallest absolute Gasteiger partial charge is 0.312 e. The Hall–Kier alpha value is -2.45. The Bertz CT molecular complexity index is 880. The van der Waals surface area contributed by atoms with Crippen molar-refractivity contribution in [2.45, 2.75) is 17.2 Å². The summed E-state index contributed by atoms with van der Waals surface area (Å²) in [4.78, 5) is 10.1. The van der Waals surface area contributed by atoms with Crippen LogP contribution in [-0.2, 0) is 16.4 Å². The van der Waals surface area contributed by atoms with Gasteiger partial charge in [-0.25, -0.2) is 13.6 Å². The van der Waals surface area contributed by atoms with Crippen LogP contribution in [0.15, 0.2) is 47.4 Å². The van der Waals surface area contributed by atoms with Crippen molar-refractivity contribution in [1.29, 1.82) is 0 Å². The molecule has 2 aromatic rings. The molecule has 0 bridgehead atoms. The zero-order valence-corrected chi connectivity index (χ0v) is 12.9. The topological polar surface area (TPSA) is 115 Å². The Morgan fingerprint density at radius 2 is 1.96 bits per heavy atom. The normalized spacial score (nSPS) is 16.3. The Morgan fingerprint density at radius 1 is 1.22 bits per heavy atom. The second-order valence-electron chi connectivity index (χ2n) is 5.44. The largest absolute Gasteiger partial charge is 0.379 e. The van der Waals surface area contributed by atoms with Gasteiger partial charge in [0, 0.05) is 12.5 Å². The molecular formula is C15H15N3O4S. The molecule has 1 atom stereocenters. The van der Waals surface area contributed by atoms with Crippen LogP contribution >= 0.6 is 0 Å². The van der Waals surface area contributed by atoms with Crippen LogP contribution in [0.4, 0.5) is 11.4 Å². The van der Waals surface area contributed by atoms with Crippen molar-refractivity contribution < 1.29 is 13.3 Å². The van der Waals surface area contributed by atoms with E-state index >= 15 is 0 Å². The zero-order chi connectivity index (χ0) is 16.6. The van der Waals surface area contributed by atoms with Gasteiger partial charge in [0.05, 0.1) is 4.92 Å². The van der Waals surface area contributed by atoms with Gasteiger partial charge in [-0.05, 0) is 29.7 Å². The highest BCUT2D eigenvalue weighted by Gasteiger charge is 2.29. The monoisotopic (exact) mass is 333 g/mol. The molecule has 7 nitrogen and oxygen atoms in total. The summed E-state index contributed by atoms with van der Waals surface area (Å²) < 4.78 is 23.1. The fraction of sp³-hybridized carbons (Fsp3) is 0.200. The van der Waals surface area contributed by atoms with E-state index in [4.69, 9.17) is 5.14 Å². The summed E-state index contributed by atoms with van der Waals surface area (Å²) >= 11 is 0. The third kappa shape index (κ3) is 2.90. The van der Waals surface area contributed by atoms with Gasteiger partial charge in [-0.15, -0.1) is 0 Å². The van der Waals surface area contributed by atoms with Gasteiger partial charge in [0.2, 0.25) is 10.0 Å². The predicted molar refractivity (Wildman–Crippen MR) is 85.8 cm³/mol. The van der Waals surface area contributed by atoms with Crippen LogP contribution in [-0.4, -0.2) is 19.9 Å². The molecule has 0 saturated carbocycles. The Balaban J connectivity index is 1.86. The summed E-state index contributed by atoms with van der Waals surface area (Å²) in [5.41, 5.74) is 2.13. The molecule has 23 heavy (non-hydrogen) atoms. The average molecular weight is 333 g/mol. The highest BCUT2D eigenvalue weighted by Crippen LogP contribution is 2.36. The Kier molecular flexibility index (Phi) is 3.78. The van der Waals surface area contributed by atoms with Crippen LogP contribution < -0.4 is 10.5 Å². The molecule has 0 aromatic heterocycles. The summed E-state index contributed by atoms with van der Waals surface area (Å²) in [5, 5.41) is 19.3. The molecule has 1 aliphatic rings. The molecule has 3 N–H and O–H groups in total. The van der Waals surface area contributed by atoms with Crippen LogP contribution in [0.3, 0.4) is 0 Å². The molecular weight excluding hydrogens is 318 g/mol. The highest BCUT2D eigenvalue weighted by atomic mass is 32.2. The summed E-state index contributed by atoms with van der Waals surface area (Å²) in [6.45, 7) is 0.492. The van der Waals surface area contributed by atoms with Crippen LogP contribution in [0.25, 0.3) is 0 Å². The quantitative estimate of drug-likeness (QED) is 0.641.